The first-order valence-electron chi connectivity index (χ1n) is 10.1. The van der Waals surface area contributed by atoms with Crippen LogP contribution in [0.2, 0.25) is 0 Å². The summed E-state index contributed by atoms with van der Waals surface area (Å²) in [5.74, 6) is 1.39. The second kappa shape index (κ2) is 9.45. The predicted octanol–water partition coefficient (Wildman–Crippen LogP) is 5.07. The largest absolute Gasteiger partial charge is 0.515 e. The molecule has 0 bridgehead atoms. The van der Waals surface area contributed by atoms with Gasteiger partial charge in [0.2, 0.25) is 0 Å². The van der Waals surface area contributed by atoms with Gasteiger partial charge in [-0.2, -0.15) is 0 Å². The summed E-state index contributed by atoms with van der Waals surface area (Å²) < 4.78 is 5.80. The summed E-state index contributed by atoms with van der Waals surface area (Å²) >= 11 is 0. The maximum atomic E-state index is 12.6. The van der Waals surface area contributed by atoms with Gasteiger partial charge < -0.3 is 15.2 Å². The van der Waals surface area contributed by atoms with Crippen molar-refractivity contribution < 1.29 is 14.6 Å². The van der Waals surface area contributed by atoms with Crippen molar-refractivity contribution >= 4 is 11.5 Å². The van der Waals surface area contributed by atoms with Crippen molar-refractivity contribution in [2.24, 2.45) is 5.92 Å². The Hall–Kier alpha value is -2.75. The summed E-state index contributed by atoms with van der Waals surface area (Å²) in [4.78, 5) is 12.6. The van der Waals surface area contributed by atoms with Crippen LogP contribution in [-0.4, -0.2) is 23.7 Å². The van der Waals surface area contributed by atoms with Crippen LogP contribution in [-0.2, 0) is 4.79 Å². The molecule has 148 valence electrons. The number of aliphatic hydroxyl groups excluding tert-OH is 1. The van der Waals surface area contributed by atoms with Crippen LogP contribution in [0.4, 0.5) is 0 Å². The van der Waals surface area contributed by atoms with Gasteiger partial charge in [-0.25, -0.2) is 0 Å². The minimum Gasteiger partial charge on any atom is -0.515 e. The van der Waals surface area contributed by atoms with Crippen molar-refractivity contribution in [1.82, 2.24) is 5.32 Å². The van der Waals surface area contributed by atoms with Gasteiger partial charge in [0, 0.05) is 12.0 Å². The molecule has 3 rings (SSSR count). The zero-order valence-electron chi connectivity index (χ0n) is 16.6. The first kappa shape index (κ1) is 20.0. The highest BCUT2D eigenvalue weighted by molar-refractivity contribution is 6.19. The average Bonchev–Trinajstić information content (AvgIpc) is 3.48. The lowest BCUT2D eigenvalue weighted by atomic mass is 10.1. The quantitative estimate of drug-likeness (QED) is 0.472. The van der Waals surface area contributed by atoms with Crippen molar-refractivity contribution in [3.63, 3.8) is 0 Å². The van der Waals surface area contributed by atoms with Crippen LogP contribution in [0.25, 0.3) is 5.57 Å². The number of carbonyl (C=O) groups excluding carboxylic acids is 1. The zero-order valence-corrected chi connectivity index (χ0v) is 16.6. The standard InChI is InChI=1S/C24H29NO3/c1-3-7-17(2)16-28-20-12-10-19(11-13-20)22(15-26)24(27)25-23-14-21(23)18-8-5-4-6-9-18/h4-6,8-13,15,17,21,23,26H,3,7,14,16H2,1-2H3,(H,25,27)/t17?,21-,23+/m0/s1. The summed E-state index contributed by atoms with van der Waals surface area (Å²) in [6.07, 6.45) is 4.10. The van der Waals surface area contributed by atoms with Crippen molar-refractivity contribution in [2.75, 3.05) is 6.61 Å². The Labute approximate surface area is 167 Å². The van der Waals surface area contributed by atoms with Crippen LogP contribution in [0, 0.1) is 5.92 Å². The Balaban J connectivity index is 1.55. The van der Waals surface area contributed by atoms with Crippen LogP contribution < -0.4 is 10.1 Å². The molecule has 4 nitrogen and oxygen atoms in total. The number of nitrogens with one attached hydrogen (secondary N) is 1. The van der Waals surface area contributed by atoms with Crippen LogP contribution >= 0.6 is 0 Å². The Morgan fingerprint density at radius 3 is 2.57 bits per heavy atom. The lowest BCUT2D eigenvalue weighted by molar-refractivity contribution is -0.115. The molecule has 0 saturated heterocycles. The molecular weight excluding hydrogens is 350 g/mol. The van der Waals surface area contributed by atoms with Gasteiger partial charge >= 0.3 is 0 Å². The van der Waals surface area contributed by atoms with Gasteiger partial charge in [0.05, 0.1) is 18.4 Å². The molecule has 0 heterocycles. The van der Waals surface area contributed by atoms with Crippen molar-refractivity contribution in [3.05, 3.63) is 72.0 Å². The molecule has 4 heteroatoms. The fraction of sp³-hybridized carbons (Fsp3) is 0.375. The Morgan fingerprint density at radius 2 is 1.93 bits per heavy atom. The molecule has 2 aromatic rings. The number of hydrogen-bond donors (Lipinski definition) is 2. The topological polar surface area (TPSA) is 58.6 Å². The molecule has 0 spiro atoms. The third-order valence-corrected chi connectivity index (χ3v) is 5.19. The molecule has 1 aliphatic rings. The van der Waals surface area contributed by atoms with E-state index < -0.39 is 0 Å². The Kier molecular flexibility index (Phi) is 6.75. The van der Waals surface area contributed by atoms with Gasteiger partial charge in [0.1, 0.15) is 5.75 Å². The summed E-state index contributed by atoms with van der Waals surface area (Å²) in [5.41, 5.74) is 2.18. The van der Waals surface area contributed by atoms with Crippen LogP contribution in [0.15, 0.2) is 60.9 Å². The number of hydrogen-bond acceptors (Lipinski definition) is 3. The van der Waals surface area contributed by atoms with Gasteiger partial charge in [-0.1, -0.05) is 62.7 Å². The normalized spacial score (nSPS) is 19.7. The van der Waals surface area contributed by atoms with Crippen molar-refractivity contribution in [1.29, 1.82) is 0 Å². The van der Waals surface area contributed by atoms with E-state index in [-0.39, 0.29) is 17.5 Å². The minimum absolute atomic E-state index is 0.118. The number of amides is 1. The molecule has 1 saturated carbocycles. The first-order valence-corrected chi connectivity index (χ1v) is 10.1. The lowest BCUT2D eigenvalue weighted by Crippen LogP contribution is -2.27. The van der Waals surface area contributed by atoms with E-state index in [9.17, 15) is 9.90 Å². The molecule has 0 aliphatic heterocycles. The molecular formula is C24H29NO3. The SMILES string of the molecule is CCCC(C)COc1ccc(C(=CO)C(=O)N[C@@H]2C[C@H]2c2ccccc2)cc1. The smallest absolute Gasteiger partial charge is 0.255 e. The van der Waals surface area contributed by atoms with E-state index in [1.807, 2.05) is 42.5 Å². The van der Waals surface area contributed by atoms with E-state index in [1.165, 1.54) is 5.56 Å². The fourth-order valence-electron chi connectivity index (χ4n) is 3.48. The highest BCUT2D eigenvalue weighted by atomic mass is 16.5. The highest BCUT2D eigenvalue weighted by Gasteiger charge is 2.39. The van der Waals surface area contributed by atoms with E-state index in [0.29, 0.717) is 24.0 Å². The third kappa shape index (κ3) is 5.16. The molecule has 0 aromatic heterocycles. The predicted molar refractivity (Wildman–Crippen MR) is 112 cm³/mol. The van der Waals surface area contributed by atoms with Crippen LogP contribution in [0.5, 0.6) is 5.75 Å². The van der Waals surface area contributed by atoms with Gasteiger partial charge in [-0.15, -0.1) is 0 Å². The maximum Gasteiger partial charge on any atom is 0.255 e. The minimum atomic E-state index is -0.254. The van der Waals surface area contributed by atoms with Crippen LogP contribution in [0.3, 0.4) is 0 Å². The molecule has 1 unspecified atom stereocenters. The number of ether oxygens (including phenoxy) is 1. The lowest BCUT2D eigenvalue weighted by Gasteiger charge is -2.13. The monoisotopic (exact) mass is 379 g/mol. The molecule has 2 N–H and O–H groups in total. The molecule has 28 heavy (non-hydrogen) atoms. The molecule has 1 aliphatic carbocycles. The van der Waals surface area contributed by atoms with Gasteiger partial charge in [-0.3, -0.25) is 4.79 Å². The van der Waals surface area contributed by atoms with Gasteiger partial charge in [-0.05, 0) is 42.0 Å². The molecule has 1 fully saturated rings. The summed E-state index contributed by atoms with van der Waals surface area (Å²) in [5, 5.41) is 12.6. The maximum absolute atomic E-state index is 12.6. The summed E-state index contributed by atoms with van der Waals surface area (Å²) in [6, 6.07) is 17.6. The summed E-state index contributed by atoms with van der Waals surface area (Å²) in [6.45, 7) is 5.02. The van der Waals surface area contributed by atoms with Crippen molar-refractivity contribution in [2.45, 2.75) is 45.1 Å². The fourth-order valence-corrected chi connectivity index (χ4v) is 3.48. The van der Waals surface area contributed by atoms with Gasteiger partial charge in [0.15, 0.2) is 0 Å². The molecule has 2 aromatic carbocycles. The second-order valence-electron chi connectivity index (χ2n) is 7.60. The average molecular weight is 380 g/mol. The van der Waals surface area contributed by atoms with Gasteiger partial charge in [0.25, 0.3) is 5.91 Å². The molecule has 0 radical (unpaired) electrons. The molecule has 1 amide bonds. The molecule has 3 atom stereocenters. The second-order valence-corrected chi connectivity index (χ2v) is 7.60. The number of carbonyl (C=O) groups is 1. The number of aliphatic hydroxyl groups is 1. The van der Waals surface area contributed by atoms with E-state index in [1.54, 1.807) is 0 Å². The van der Waals surface area contributed by atoms with E-state index in [0.717, 1.165) is 31.3 Å². The van der Waals surface area contributed by atoms with Crippen LogP contribution in [0.1, 0.15) is 50.2 Å². The summed E-state index contributed by atoms with van der Waals surface area (Å²) in [7, 11) is 0. The zero-order chi connectivity index (χ0) is 19.9. The Morgan fingerprint density at radius 1 is 1.21 bits per heavy atom. The van der Waals surface area contributed by atoms with Crippen molar-refractivity contribution in [3.8, 4) is 5.75 Å². The van der Waals surface area contributed by atoms with E-state index in [2.05, 4.69) is 31.3 Å². The Bertz CT molecular complexity index is 798. The highest BCUT2D eigenvalue weighted by Crippen LogP contribution is 2.40. The van der Waals surface area contributed by atoms with E-state index in [4.69, 9.17) is 4.74 Å². The number of benzene rings is 2. The third-order valence-electron chi connectivity index (χ3n) is 5.19. The number of rotatable bonds is 9. The first-order chi connectivity index (χ1) is 13.6. The van der Waals surface area contributed by atoms with E-state index >= 15 is 0 Å².